The van der Waals surface area contributed by atoms with Crippen LogP contribution in [0.3, 0.4) is 0 Å². The first-order chi connectivity index (χ1) is 13.8. The van der Waals surface area contributed by atoms with Crippen LogP contribution in [0.1, 0.15) is 136 Å². The quantitative estimate of drug-likeness (QED) is 0.0569. The van der Waals surface area contributed by atoms with Crippen molar-refractivity contribution < 1.29 is 15.1 Å². The predicted octanol–water partition coefficient (Wildman–Crippen LogP) is 11.1. The van der Waals surface area contributed by atoms with Crippen molar-refractivity contribution in [2.24, 2.45) is 0 Å². The number of hydrogen-bond donors (Lipinski definition) is 0. The van der Waals surface area contributed by atoms with Crippen molar-refractivity contribution in [3.63, 3.8) is 0 Å². The Morgan fingerprint density at radius 3 is 0.897 bits per heavy atom. The van der Waals surface area contributed by atoms with Gasteiger partial charge in [0.25, 0.3) is 0 Å². The normalized spacial score (nSPS) is 10.7. The summed E-state index contributed by atoms with van der Waals surface area (Å²) in [7, 11) is 9.69. The molecular weight excluding hydrogens is 503 g/mol. The van der Waals surface area contributed by atoms with E-state index in [2.05, 4.69) is 20.8 Å². The summed E-state index contributed by atoms with van der Waals surface area (Å²) in [6.07, 6.45) is 31.5. The van der Waals surface area contributed by atoms with E-state index in [1.165, 1.54) is 96.3 Å². The molecule has 29 heavy (non-hydrogen) atoms. The van der Waals surface area contributed by atoms with Crippen LogP contribution in [0.25, 0.3) is 0 Å². The second-order valence-electron chi connectivity index (χ2n) is 8.35. The van der Waals surface area contributed by atoms with Gasteiger partial charge in [-0.3, -0.25) is 0 Å². The zero-order chi connectivity index (χ0) is 21.1. The van der Waals surface area contributed by atoms with Crippen molar-refractivity contribution in [2.75, 3.05) is 18.5 Å². The molecule has 0 amide bonds. The fraction of sp³-hybridized carbons (Fsp3) is 0.960. The van der Waals surface area contributed by atoms with Crippen LogP contribution in [0.2, 0.25) is 0 Å². The summed E-state index contributed by atoms with van der Waals surface area (Å²) in [4.78, 5) is 0. The molecule has 4 heteroatoms. The Bertz CT molecular complexity index is 217. The van der Waals surface area contributed by atoms with E-state index >= 15 is 0 Å². The second kappa shape index (κ2) is 34.3. The zero-order valence-corrected chi connectivity index (χ0v) is 24.7. The van der Waals surface area contributed by atoms with Gasteiger partial charge in [0.15, 0.2) is 0 Å². The average molecular weight is 559 g/mol. The van der Waals surface area contributed by atoms with Crippen LogP contribution in [0.15, 0.2) is 0 Å². The third kappa shape index (κ3) is 34.4. The van der Waals surface area contributed by atoms with Gasteiger partial charge in [0.1, 0.15) is 0 Å². The van der Waals surface area contributed by atoms with Crippen LogP contribution < -0.4 is 0 Å². The van der Waals surface area contributed by atoms with Gasteiger partial charge in [-0.25, -0.2) is 0 Å². The summed E-state index contributed by atoms with van der Waals surface area (Å²) in [6.45, 7) is 6.96. The predicted molar refractivity (Wildman–Crippen MR) is 141 cm³/mol. The molecule has 0 spiro atoms. The van der Waals surface area contributed by atoms with Crippen LogP contribution in [0.5, 0.6) is 0 Å². The molecule has 0 atom stereocenters. The fourth-order valence-electron chi connectivity index (χ4n) is 3.84. The maximum absolute atomic E-state index is 4.85. The molecule has 0 saturated heterocycles. The molecule has 0 nitrogen and oxygen atoms in total. The third-order valence-corrected chi connectivity index (χ3v) is 8.83. The van der Waals surface area contributed by atoms with E-state index in [-0.39, 0.29) is 30.5 Å². The first kappa shape index (κ1) is 35.2. The molecule has 182 valence electrons. The minimum absolute atomic E-state index is 0. The van der Waals surface area contributed by atoms with E-state index in [0.29, 0.717) is 0 Å². The zero-order valence-electron chi connectivity index (χ0n) is 20.5. The van der Waals surface area contributed by atoms with Gasteiger partial charge in [0.2, 0.25) is 0 Å². The van der Waals surface area contributed by atoms with Crippen LogP contribution in [-0.2, 0) is 15.1 Å². The van der Waals surface area contributed by atoms with Crippen LogP contribution in [0, 0.1) is 7.43 Å². The molecule has 0 aromatic heterocycles. The fourth-order valence-corrected chi connectivity index (χ4v) is 6.84. The molecule has 0 aromatic rings. The van der Waals surface area contributed by atoms with Gasteiger partial charge in [-0.05, 0) is 38.5 Å². The molecule has 0 radical (unpaired) electrons. The summed E-state index contributed by atoms with van der Waals surface area (Å²) in [5.74, 6) is 0. The Labute approximate surface area is 203 Å². The Morgan fingerprint density at radius 1 is 0.448 bits per heavy atom. The summed E-state index contributed by atoms with van der Waals surface area (Å²) in [5, 5.41) is 0. The SMILES string of the molecule is CCCCCCCC[PH+](CCCCCCCC)CCCCCCCC.[CH3-].[Cl][Ru][Cl]. The standard InChI is InChI=1S/C24H51P.CH3.2ClH.Ru/c1-4-7-10-13-16-19-22-25(23-20-17-14-11-8-5-2)24-21-18-15-12-9-6-3;;;;/h4-24H2,1-3H3;1H3;2*1H;/q;-1;;;+2/p-1. The molecule has 0 aliphatic rings. The van der Waals surface area contributed by atoms with E-state index in [9.17, 15) is 0 Å². The van der Waals surface area contributed by atoms with Crippen molar-refractivity contribution in [1.29, 1.82) is 0 Å². The molecule has 0 rings (SSSR count). The summed E-state index contributed by atoms with van der Waals surface area (Å²) >= 11 is -0.346. The molecule has 0 saturated carbocycles. The van der Waals surface area contributed by atoms with Crippen molar-refractivity contribution in [3.8, 4) is 0 Å². The van der Waals surface area contributed by atoms with E-state index < -0.39 is 0 Å². The number of hydrogen-bond acceptors (Lipinski definition) is 0. The number of halogens is 2. The van der Waals surface area contributed by atoms with Gasteiger partial charge in [-0.15, -0.1) is 0 Å². The topological polar surface area (TPSA) is 0 Å². The van der Waals surface area contributed by atoms with Gasteiger partial charge >= 0.3 is 34.5 Å². The molecule has 0 aromatic carbocycles. The van der Waals surface area contributed by atoms with E-state index in [1.54, 1.807) is 37.7 Å². The first-order valence-corrected chi connectivity index (χ1v) is 19.0. The molecule has 0 N–H and O–H groups in total. The molecule has 0 fully saturated rings. The number of rotatable bonds is 21. The Balaban J connectivity index is -0.00000158. The Hall–Kier alpha value is 1.63. The minimum atomic E-state index is -0.346. The third-order valence-electron chi connectivity index (χ3n) is 5.65. The van der Waals surface area contributed by atoms with Gasteiger partial charge in [-0.2, -0.15) is 0 Å². The molecule has 0 heterocycles. The van der Waals surface area contributed by atoms with E-state index in [4.69, 9.17) is 19.4 Å². The summed E-state index contributed by atoms with van der Waals surface area (Å²) < 4.78 is 0. The van der Waals surface area contributed by atoms with Crippen LogP contribution >= 0.6 is 27.3 Å². The Kier molecular flexibility index (Phi) is 41.6. The summed E-state index contributed by atoms with van der Waals surface area (Å²) in [5.41, 5.74) is 0. The summed E-state index contributed by atoms with van der Waals surface area (Å²) in [6, 6.07) is 0. The molecule has 0 unspecified atom stereocenters. The van der Waals surface area contributed by atoms with Gasteiger partial charge < -0.3 is 7.43 Å². The maximum atomic E-state index is 4.85. The van der Waals surface area contributed by atoms with Crippen molar-refractivity contribution in [1.82, 2.24) is 0 Å². The van der Waals surface area contributed by atoms with E-state index in [0.717, 1.165) is 0 Å². The molecule has 0 aliphatic carbocycles. The molecule has 0 bridgehead atoms. The Morgan fingerprint density at radius 2 is 0.655 bits per heavy atom. The van der Waals surface area contributed by atoms with Gasteiger partial charge in [-0.1, -0.05) is 97.8 Å². The van der Waals surface area contributed by atoms with E-state index in [1.807, 2.05) is 0 Å². The average Bonchev–Trinajstić information content (AvgIpc) is 2.69. The van der Waals surface area contributed by atoms with Gasteiger partial charge in [0.05, 0.1) is 18.5 Å². The number of unbranched alkanes of at least 4 members (excludes halogenated alkanes) is 15. The van der Waals surface area contributed by atoms with Crippen LogP contribution in [0.4, 0.5) is 0 Å². The van der Waals surface area contributed by atoms with Gasteiger partial charge in [0, 0.05) is 7.92 Å². The molecule has 0 aliphatic heterocycles. The van der Waals surface area contributed by atoms with Crippen molar-refractivity contribution in [2.45, 2.75) is 136 Å². The molecular formula is C25H55Cl2PRu. The monoisotopic (exact) mass is 558 g/mol. The first-order valence-electron chi connectivity index (χ1n) is 12.4. The van der Waals surface area contributed by atoms with Crippen LogP contribution in [-0.4, -0.2) is 18.5 Å². The second-order valence-corrected chi connectivity index (χ2v) is 14.0. The van der Waals surface area contributed by atoms with Crippen molar-refractivity contribution in [3.05, 3.63) is 7.43 Å². The van der Waals surface area contributed by atoms with Crippen molar-refractivity contribution >= 4 is 27.3 Å².